The molecule has 4 heteroatoms. The SMILES string of the molecule is [2H]c1cc([2H])c(-c2nc3c(-c4cccc(-c5cc(-c6ccccc6)cc([2H])n5)c4)cccc3n2-c2ccccc2)c(O)c1. The number of phenolic OH excluding ortho intramolecular Hbond substituents is 1. The molecule has 0 radical (unpaired) electrons. The first-order valence-electron chi connectivity index (χ1n) is 14.5. The first-order valence-corrected chi connectivity index (χ1v) is 13.0. The third kappa shape index (κ3) is 4.22. The number of pyridine rings is 1. The second-order valence-corrected chi connectivity index (χ2v) is 9.46. The molecule has 190 valence electrons. The third-order valence-corrected chi connectivity index (χ3v) is 6.97. The summed E-state index contributed by atoms with van der Waals surface area (Å²) in [5.74, 6) is 0.257. The van der Waals surface area contributed by atoms with Crippen LogP contribution in [0.5, 0.6) is 5.75 Å². The Labute approximate surface area is 236 Å². The van der Waals surface area contributed by atoms with Crippen LogP contribution in [-0.4, -0.2) is 19.6 Å². The Hall–Kier alpha value is -5.48. The van der Waals surface area contributed by atoms with Gasteiger partial charge in [-0.25, -0.2) is 4.98 Å². The van der Waals surface area contributed by atoms with Crippen LogP contribution in [0.1, 0.15) is 4.11 Å². The van der Waals surface area contributed by atoms with Gasteiger partial charge in [-0.15, -0.1) is 0 Å². The molecule has 4 nitrogen and oxygen atoms in total. The van der Waals surface area contributed by atoms with E-state index in [2.05, 4.69) is 11.1 Å². The van der Waals surface area contributed by atoms with Crippen molar-refractivity contribution in [1.29, 1.82) is 0 Å². The van der Waals surface area contributed by atoms with Gasteiger partial charge >= 0.3 is 0 Å². The number of hydrogen-bond donors (Lipinski definition) is 1. The topological polar surface area (TPSA) is 50.9 Å². The van der Waals surface area contributed by atoms with E-state index in [4.69, 9.17) is 9.10 Å². The van der Waals surface area contributed by atoms with Crippen molar-refractivity contribution < 1.29 is 9.22 Å². The van der Waals surface area contributed by atoms with Crippen molar-refractivity contribution in [3.63, 3.8) is 0 Å². The van der Waals surface area contributed by atoms with Crippen molar-refractivity contribution in [3.8, 4) is 56.3 Å². The largest absolute Gasteiger partial charge is 0.507 e. The number of fused-ring (bicyclic) bond motifs is 1. The van der Waals surface area contributed by atoms with Crippen LogP contribution in [0.4, 0.5) is 0 Å². The molecule has 0 saturated carbocycles. The minimum Gasteiger partial charge on any atom is -0.507 e. The highest BCUT2D eigenvalue weighted by molar-refractivity contribution is 5.96. The highest BCUT2D eigenvalue weighted by Gasteiger charge is 2.19. The average Bonchev–Trinajstić information content (AvgIpc) is 3.40. The molecule has 7 aromatic rings. The van der Waals surface area contributed by atoms with E-state index in [1.165, 1.54) is 12.1 Å². The van der Waals surface area contributed by atoms with Crippen molar-refractivity contribution in [2.45, 2.75) is 0 Å². The Morgan fingerprint density at radius 2 is 1.38 bits per heavy atom. The standard InChI is InChI=1S/C36H25N3O/c40-34-20-8-7-17-31(34)36-38-35-30(18-10-19-33(35)39(36)29-15-5-2-6-16-29)27-13-9-14-28(23-27)32-24-26(21-22-37-32)25-11-3-1-4-12-25/h1-24,40H/i8D,17D,22D. The summed E-state index contributed by atoms with van der Waals surface area (Å²) in [5, 5.41) is 10.9. The predicted molar refractivity (Wildman–Crippen MR) is 162 cm³/mol. The number of nitrogens with zero attached hydrogens (tertiary/aromatic N) is 3. The third-order valence-electron chi connectivity index (χ3n) is 6.97. The second-order valence-electron chi connectivity index (χ2n) is 9.46. The Kier molecular flexibility index (Phi) is 5.12. The van der Waals surface area contributed by atoms with Gasteiger partial charge in [-0.2, -0.15) is 0 Å². The molecule has 0 amide bonds. The Morgan fingerprint density at radius 1 is 0.625 bits per heavy atom. The van der Waals surface area contributed by atoms with Crippen molar-refractivity contribution in [3.05, 3.63) is 146 Å². The van der Waals surface area contributed by atoms with Gasteiger partial charge < -0.3 is 5.11 Å². The van der Waals surface area contributed by atoms with Gasteiger partial charge in [0, 0.05) is 23.0 Å². The van der Waals surface area contributed by atoms with E-state index in [9.17, 15) is 5.11 Å². The molecule has 0 aliphatic rings. The summed E-state index contributed by atoms with van der Waals surface area (Å²) < 4.78 is 26.9. The van der Waals surface area contributed by atoms with E-state index in [1.54, 1.807) is 6.07 Å². The van der Waals surface area contributed by atoms with Gasteiger partial charge in [-0.05, 0) is 65.2 Å². The van der Waals surface area contributed by atoms with Gasteiger partial charge in [-0.1, -0.05) is 91.0 Å². The minimum absolute atomic E-state index is 0.0246. The number of imidazole rings is 1. The number of rotatable bonds is 5. The molecule has 0 atom stereocenters. The van der Waals surface area contributed by atoms with Gasteiger partial charge in [0.15, 0.2) is 0 Å². The zero-order valence-electron chi connectivity index (χ0n) is 24.4. The molecule has 7 rings (SSSR count). The fourth-order valence-corrected chi connectivity index (χ4v) is 5.08. The molecule has 0 aliphatic heterocycles. The molecule has 0 spiro atoms. The minimum atomic E-state index is -0.163. The number of phenols is 1. The number of hydrogen-bond acceptors (Lipinski definition) is 3. The maximum Gasteiger partial charge on any atom is 0.149 e. The molecule has 2 aromatic heterocycles. The van der Waals surface area contributed by atoms with Gasteiger partial charge in [-0.3, -0.25) is 9.55 Å². The Balaban J connectivity index is 1.42. The van der Waals surface area contributed by atoms with Crippen molar-refractivity contribution in [2.24, 2.45) is 0 Å². The van der Waals surface area contributed by atoms with Crippen molar-refractivity contribution in [1.82, 2.24) is 14.5 Å². The van der Waals surface area contributed by atoms with Crippen LogP contribution in [0.2, 0.25) is 0 Å². The Morgan fingerprint density at radius 3 is 2.20 bits per heavy atom. The van der Waals surface area contributed by atoms with E-state index in [0.29, 0.717) is 17.0 Å². The molecule has 40 heavy (non-hydrogen) atoms. The van der Waals surface area contributed by atoms with Gasteiger partial charge in [0.25, 0.3) is 0 Å². The summed E-state index contributed by atoms with van der Waals surface area (Å²) in [5.41, 5.74) is 7.95. The Bertz CT molecular complexity index is 2100. The second kappa shape index (κ2) is 10.0. The summed E-state index contributed by atoms with van der Waals surface area (Å²) in [6.07, 6.45) is 0.194. The normalized spacial score (nSPS) is 12.2. The summed E-state index contributed by atoms with van der Waals surface area (Å²) in [6.45, 7) is 0. The molecule has 5 aromatic carbocycles. The maximum absolute atomic E-state index is 10.9. The van der Waals surface area contributed by atoms with Crippen LogP contribution in [-0.2, 0) is 0 Å². The lowest BCUT2D eigenvalue weighted by Gasteiger charge is -2.11. The van der Waals surface area contributed by atoms with E-state index in [-0.39, 0.29) is 29.6 Å². The molecule has 0 aliphatic carbocycles. The number of aromatic nitrogens is 3. The van der Waals surface area contributed by atoms with Crippen LogP contribution in [0.3, 0.4) is 0 Å². The number of benzene rings is 5. The smallest absolute Gasteiger partial charge is 0.149 e. The summed E-state index contributed by atoms with van der Waals surface area (Å²) >= 11 is 0. The zero-order chi connectivity index (χ0) is 29.5. The van der Waals surface area contributed by atoms with Gasteiger partial charge in [0.2, 0.25) is 0 Å². The highest BCUT2D eigenvalue weighted by Crippen LogP contribution is 2.38. The van der Waals surface area contributed by atoms with E-state index in [0.717, 1.165) is 39.0 Å². The molecule has 0 fully saturated rings. The van der Waals surface area contributed by atoms with Crippen molar-refractivity contribution in [2.75, 3.05) is 0 Å². The van der Waals surface area contributed by atoms with Gasteiger partial charge in [0.1, 0.15) is 11.6 Å². The lowest BCUT2D eigenvalue weighted by Crippen LogP contribution is -1.97. The summed E-state index contributed by atoms with van der Waals surface area (Å²) in [6, 6.07) is 40.3. The summed E-state index contributed by atoms with van der Waals surface area (Å²) in [4.78, 5) is 9.57. The van der Waals surface area contributed by atoms with E-state index in [1.807, 2.05) is 108 Å². The van der Waals surface area contributed by atoms with Crippen LogP contribution in [0.25, 0.3) is 61.6 Å². The number of aromatic hydroxyl groups is 1. The van der Waals surface area contributed by atoms with Gasteiger partial charge in [0.05, 0.1) is 26.4 Å². The molecule has 1 N–H and O–H groups in total. The van der Waals surface area contributed by atoms with Crippen molar-refractivity contribution >= 4 is 11.0 Å². The van der Waals surface area contributed by atoms with Crippen LogP contribution in [0, 0.1) is 0 Å². The fourth-order valence-electron chi connectivity index (χ4n) is 5.08. The molecule has 2 heterocycles. The van der Waals surface area contributed by atoms with E-state index >= 15 is 0 Å². The first-order chi connectivity index (χ1) is 21.0. The van der Waals surface area contributed by atoms with E-state index < -0.39 is 0 Å². The quantitative estimate of drug-likeness (QED) is 0.248. The molecule has 0 unspecified atom stereocenters. The molecule has 0 saturated heterocycles. The molecular formula is C36H25N3O. The highest BCUT2D eigenvalue weighted by atomic mass is 16.3. The fraction of sp³-hybridized carbons (Fsp3) is 0. The zero-order valence-corrected chi connectivity index (χ0v) is 21.4. The summed E-state index contributed by atoms with van der Waals surface area (Å²) in [7, 11) is 0. The number of para-hydroxylation sites is 3. The molecular weight excluding hydrogens is 490 g/mol. The average molecular weight is 519 g/mol. The lowest BCUT2D eigenvalue weighted by molar-refractivity contribution is 0.477. The maximum atomic E-state index is 10.9. The lowest BCUT2D eigenvalue weighted by atomic mass is 9.99. The molecule has 0 bridgehead atoms. The van der Waals surface area contributed by atoms with Crippen LogP contribution < -0.4 is 0 Å². The first kappa shape index (κ1) is 20.5. The monoisotopic (exact) mass is 518 g/mol. The van der Waals surface area contributed by atoms with Crippen LogP contribution >= 0.6 is 0 Å². The predicted octanol–water partition coefficient (Wildman–Crippen LogP) is 8.79. The van der Waals surface area contributed by atoms with Crippen LogP contribution in [0.15, 0.2) is 146 Å².